The fourth-order valence-electron chi connectivity index (χ4n) is 2.41. The van der Waals surface area contributed by atoms with Crippen LogP contribution in [0, 0.1) is 0 Å². The fraction of sp³-hybridized carbons (Fsp3) is 0.200. The third-order valence-electron chi connectivity index (χ3n) is 3.39. The lowest BCUT2D eigenvalue weighted by Gasteiger charge is -2.24. The van der Waals surface area contributed by atoms with Crippen LogP contribution in [0.1, 0.15) is 10.9 Å². The van der Waals surface area contributed by atoms with Crippen molar-refractivity contribution in [3.8, 4) is 0 Å². The van der Waals surface area contributed by atoms with Crippen LogP contribution in [-0.2, 0) is 0 Å². The van der Waals surface area contributed by atoms with Crippen molar-refractivity contribution in [2.75, 3.05) is 24.3 Å². The molecule has 0 bridgehead atoms. The summed E-state index contributed by atoms with van der Waals surface area (Å²) in [7, 11) is 4.07. The lowest BCUT2D eigenvalue weighted by Crippen LogP contribution is -2.18. The van der Waals surface area contributed by atoms with Crippen molar-refractivity contribution in [3.63, 3.8) is 0 Å². The van der Waals surface area contributed by atoms with Gasteiger partial charge < -0.3 is 10.2 Å². The largest absolute Gasteiger partial charge is 0.388 e. The maximum absolute atomic E-state index is 6.07. The van der Waals surface area contributed by atoms with E-state index in [1.54, 1.807) is 0 Å². The van der Waals surface area contributed by atoms with Gasteiger partial charge in [-0.05, 0) is 24.3 Å². The molecule has 2 nitrogen and oxygen atoms in total. The number of hydrogen-bond acceptors (Lipinski definition) is 3. The molecule has 0 fully saturated rings. The SMILES string of the molecule is CNc1cc(Cl)ccc1C1Sc2ccccc2N1C. The Hall–Kier alpha value is -1.32. The molecule has 1 unspecified atom stereocenters. The van der Waals surface area contributed by atoms with Gasteiger partial charge in [0.1, 0.15) is 5.37 Å². The molecular weight excluding hydrogens is 276 g/mol. The van der Waals surface area contributed by atoms with Gasteiger partial charge in [-0.3, -0.25) is 0 Å². The zero-order valence-corrected chi connectivity index (χ0v) is 12.4. The Kier molecular flexibility index (Phi) is 3.33. The van der Waals surface area contributed by atoms with Crippen LogP contribution in [0.5, 0.6) is 0 Å². The second kappa shape index (κ2) is 4.99. The Morgan fingerprint density at radius 1 is 1.21 bits per heavy atom. The van der Waals surface area contributed by atoms with Gasteiger partial charge in [0.25, 0.3) is 0 Å². The average molecular weight is 291 g/mol. The molecule has 0 aliphatic carbocycles. The van der Waals surface area contributed by atoms with Crippen molar-refractivity contribution in [1.82, 2.24) is 0 Å². The van der Waals surface area contributed by atoms with Crippen molar-refractivity contribution >= 4 is 34.7 Å². The highest BCUT2D eigenvalue weighted by Crippen LogP contribution is 2.51. The molecule has 1 atom stereocenters. The van der Waals surface area contributed by atoms with Crippen LogP contribution in [-0.4, -0.2) is 14.1 Å². The fourth-order valence-corrected chi connectivity index (χ4v) is 3.91. The molecule has 0 saturated carbocycles. The molecule has 2 aromatic rings. The van der Waals surface area contributed by atoms with Crippen molar-refractivity contribution in [2.45, 2.75) is 10.3 Å². The number of benzene rings is 2. The smallest absolute Gasteiger partial charge is 0.107 e. The lowest BCUT2D eigenvalue weighted by molar-refractivity contribution is 0.914. The quantitative estimate of drug-likeness (QED) is 0.868. The molecule has 1 N–H and O–H groups in total. The van der Waals surface area contributed by atoms with Crippen molar-refractivity contribution < 1.29 is 0 Å². The highest BCUT2D eigenvalue weighted by molar-refractivity contribution is 8.00. The number of nitrogens with zero attached hydrogens (tertiary/aromatic N) is 1. The first kappa shape index (κ1) is 12.7. The first-order valence-corrected chi connectivity index (χ1v) is 7.42. The highest BCUT2D eigenvalue weighted by atomic mass is 35.5. The molecule has 98 valence electrons. The normalized spacial score (nSPS) is 17.4. The van der Waals surface area contributed by atoms with Gasteiger partial charge in [-0.15, -0.1) is 0 Å². The minimum Gasteiger partial charge on any atom is -0.388 e. The van der Waals surface area contributed by atoms with Gasteiger partial charge in [0.15, 0.2) is 0 Å². The second-order valence-corrected chi connectivity index (χ2v) is 6.09. The third kappa shape index (κ3) is 2.17. The molecular formula is C15H15ClN2S. The second-order valence-electron chi connectivity index (χ2n) is 4.53. The maximum Gasteiger partial charge on any atom is 0.107 e. The number of para-hydroxylation sites is 1. The summed E-state index contributed by atoms with van der Waals surface area (Å²) in [6, 6.07) is 14.5. The minimum absolute atomic E-state index is 0.289. The van der Waals surface area contributed by atoms with Crippen LogP contribution in [0.25, 0.3) is 0 Å². The van der Waals surface area contributed by atoms with Crippen LogP contribution < -0.4 is 10.2 Å². The molecule has 1 aliphatic heterocycles. The predicted molar refractivity (Wildman–Crippen MR) is 84.4 cm³/mol. The number of nitrogens with one attached hydrogen (secondary N) is 1. The Labute approximate surface area is 122 Å². The van der Waals surface area contributed by atoms with Crippen LogP contribution in [0.4, 0.5) is 11.4 Å². The molecule has 1 aliphatic rings. The van der Waals surface area contributed by atoms with Crippen molar-refractivity contribution in [1.29, 1.82) is 0 Å². The van der Waals surface area contributed by atoms with E-state index < -0.39 is 0 Å². The van der Waals surface area contributed by atoms with E-state index in [4.69, 9.17) is 11.6 Å². The van der Waals surface area contributed by atoms with Gasteiger partial charge in [-0.25, -0.2) is 0 Å². The number of anilines is 2. The molecule has 0 radical (unpaired) electrons. The molecule has 0 spiro atoms. The first-order chi connectivity index (χ1) is 9.20. The third-order valence-corrected chi connectivity index (χ3v) is 5.01. The number of halogens is 1. The van der Waals surface area contributed by atoms with Gasteiger partial charge in [0.05, 0.1) is 5.69 Å². The van der Waals surface area contributed by atoms with Crippen molar-refractivity contribution in [3.05, 3.63) is 53.1 Å². The Morgan fingerprint density at radius 3 is 2.74 bits per heavy atom. The molecule has 2 aromatic carbocycles. The summed E-state index contributed by atoms with van der Waals surface area (Å²) in [6.45, 7) is 0. The van der Waals surface area contributed by atoms with E-state index in [0.717, 1.165) is 10.7 Å². The van der Waals surface area contributed by atoms with E-state index in [1.165, 1.54) is 16.1 Å². The molecule has 0 aromatic heterocycles. The maximum atomic E-state index is 6.07. The Balaban J connectivity index is 2.02. The molecule has 3 rings (SSSR count). The van der Waals surface area contributed by atoms with Crippen LogP contribution in [0.15, 0.2) is 47.4 Å². The van der Waals surface area contributed by atoms with Gasteiger partial charge in [-0.2, -0.15) is 0 Å². The average Bonchev–Trinajstić information content (AvgIpc) is 2.76. The summed E-state index contributed by atoms with van der Waals surface area (Å²) in [4.78, 5) is 3.64. The van der Waals surface area contributed by atoms with E-state index in [1.807, 2.05) is 30.9 Å². The van der Waals surface area contributed by atoms with Gasteiger partial charge in [0.2, 0.25) is 0 Å². The summed E-state index contributed by atoms with van der Waals surface area (Å²) in [6.07, 6.45) is 0. The summed E-state index contributed by atoms with van der Waals surface area (Å²) in [5, 5.41) is 4.29. The zero-order valence-electron chi connectivity index (χ0n) is 10.9. The molecule has 1 heterocycles. The summed E-state index contributed by atoms with van der Waals surface area (Å²) in [5.74, 6) is 0. The van der Waals surface area contributed by atoms with E-state index >= 15 is 0 Å². The van der Waals surface area contributed by atoms with Crippen LogP contribution >= 0.6 is 23.4 Å². The minimum atomic E-state index is 0.289. The first-order valence-electron chi connectivity index (χ1n) is 6.16. The highest BCUT2D eigenvalue weighted by Gasteiger charge is 2.29. The van der Waals surface area contributed by atoms with Crippen LogP contribution in [0.2, 0.25) is 5.02 Å². The van der Waals surface area contributed by atoms with Gasteiger partial charge in [0, 0.05) is 35.3 Å². The summed E-state index contributed by atoms with van der Waals surface area (Å²) < 4.78 is 0. The topological polar surface area (TPSA) is 15.3 Å². The molecule has 19 heavy (non-hydrogen) atoms. The Morgan fingerprint density at radius 2 is 2.00 bits per heavy atom. The number of rotatable bonds is 2. The number of fused-ring (bicyclic) bond motifs is 1. The van der Waals surface area contributed by atoms with Crippen molar-refractivity contribution in [2.24, 2.45) is 0 Å². The van der Waals surface area contributed by atoms with E-state index in [-0.39, 0.29) is 5.37 Å². The molecule has 4 heteroatoms. The summed E-state index contributed by atoms with van der Waals surface area (Å²) in [5.41, 5.74) is 3.63. The summed E-state index contributed by atoms with van der Waals surface area (Å²) >= 11 is 7.94. The van der Waals surface area contributed by atoms with Gasteiger partial charge >= 0.3 is 0 Å². The predicted octanol–water partition coefficient (Wildman–Crippen LogP) is 4.62. The molecule has 0 amide bonds. The Bertz CT molecular complexity index is 615. The number of thioether (sulfide) groups is 1. The lowest BCUT2D eigenvalue weighted by atomic mass is 10.1. The zero-order chi connectivity index (χ0) is 13.4. The van der Waals surface area contributed by atoms with Crippen LogP contribution in [0.3, 0.4) is 0 Å². The standard InChI is InChI=1S/C15H15ClN2S/c1-17-12-9-10(16)7-8-11(12)15-18(2)13-5-3-4-6-14(13)19-15/h3-9,15,17H,1-2H3. The monoisotopic (exact) mass is 290 g/mol. The van der Waals surface area contributed by atoms with E-state index in [0.29, 0.717) is 0 Å². The molecule has 0 saturated heterocycles. The van der Waals surface area contributed by atoms with E-state index in [9.17, 15) is 0 Å². The van der Waals surface area contributed by atoms with Gasteiger partial charge in [-0.1, -0.05) is 41.6 Å². The number of hydrogen-bond donors (Lipinski definition) is 1. The van der Waals surface area contributed by atoms with E-state index in [2.05, 4.69) is 47.6 Å².